The van der Waals surface area contributed by atoms with Crippen LogP contribution in [0.25, 0.3) is 0 Å². The molecule has 1 atom stereocenters. The van der Waals surface area contributed by atoms with Crippen molar-refractivity contribution in [3.8, 4) is 0 Å². The van der Waals surface area contributed by atoms with Gasteiger partial charge in [0.15, 0.2) is 0 Å². The second kappa shape index (κ2) is 4.84. The first-order valence-corrected chi connectivity index (χ1v) is 7.97. The van der Waals surface area contributed by atoms with Crippen LogP contribution in [0.1, 0.15) is 20.3 Å². The number of sulfonamides is 1. The quantitative estimate of drug-likeness (QED) is 0.707. The Bertz CT molecular complexity index is 361. The molecular weight excluding hydrogens is 238 g/mol. The van der Waals surface area contributed by atoms with Crippen LogP contribution in [-0.2, 0) is 10.0 Å². The summed E-state index contributed by atoms with van der Waals surface area (Å²) in [6.07, 6.45) is 0.958. The Morgan fingerprint density at radius 1 is 1.35 bits per heavy atom. The van der Waals surface area contributed by atoms with Crippen molar-refractivity contribution >= 4 is 10.0 Å². The average molecular weight is 261 g/mol. The minimum atomic E-state index is -3.10. The number of hydrogen-bond donors (Lipinski definition) is 2. The van der Waals surface area contributed by atoms with Gasteiger partial charge in [-0.25, -0.2) is 13.1 Å². The lowest BCUT2D eigenvalue weighted by Gasteiger charge is -2.26. The summed E-state index contributed by atoms with van der Waals surface area (Å²) in [6.45, 7) is 8.65. The van der Waals surface area contributed by atoms with Gasteiger partial charge in [-0.15, -0.1) is 0 Å². The molecule has 0 amide bonds. The fraction of sp³-hybridized carbons (Fsp3) is 1.00. The molecule has 2 rings (SSSR count). The smallest absolute Gasteiger partial charge is 0.213 e. The molecule has 1 saturated carbocycles. The predicted molar refractivity (Wildman–Crippen MR) is 68.4 cm³/mol. The molecule has 1 aliphatic carbocycles. The van der Waals surface area contributed by atoms with Gasteiger partial charge in [-0.2, -0.15) is 0 Å². The van der Waals surface area contributed by atoms with Gasteiger partial charge in [0.1, 0.15) is 0 Å². The summed E-state index contributed by atoms with van der Waals surface area (Å²) in [5.74, 6) is 0.222. The lowest BCUT2D eigenvalue weighted by molar-refractivity contribution is 0.253. The van der Waals surface area contributed by atoms with Crippen molar-refractivity contribution in [1.82, 2.24) is 14.9 Å². The maximum absolute atomic E-state index is 11.9. The van der Waals surface area contributed by atoms with Gasteiger partial charge in [-0.3, -0.25) is 4.90 Å². The van der Waals surface area contributed by atoms with Crippen molar-refractivity contribution in [1.29, 1.82) is 0 Å². The zero-order valence-electron chi connectivity index (χ0n) is 10.7. The molecule has 1 heterocycles. The van der Waals surface area contributed by atoms with E-state index in [2.05, 4.69) is 28.8 Å². The normalized spacial score (nSPS) is 29.2. The summed E-state index contributed by atoms with van der Waals surface area (Å²) in [5, 5.41) is 3.26. The van der Waals surface area contributed by atoms with Gasteiger partial charge in [0.25, 0.3) is 0 Å². The van der Waals surface area contributed by atoms with Gasteiger partial charge in [-0.05, 0) is 11.8 Å². The maximum atomic E-state index is 11.9. The van der Waals surface area contributed by atoms with Gasteiger partial charge in [0.05, 0.1) is 5.75 Å². The first-order valence-electron chi connectivity index (χ1n) is 6.32. The van der Waals surface area contributed by atoms with E-state index in [1.165, 1.54) is 0 Å². The van der Waals surface area contributed by atoms with Crippen LogP contribution in [0.5, 0.6) is 0 Å². The first-order chi connectivity index (χ1) is 7.89. The Morgan fingerprint density at radius 2 is 1.94 bits per heavy atom. The van der Waals surface area contributed by atoms with E-state index in [0.717, 1.165) is 32.6 Å². The standard InChI is InChI=1S/C11H23N3O2S/c1-11(2)9-10(11)13-17(15,16)8-7-14-5-3-12-4-6-14/h10,12-13H,3-9H2,1-2H3. The van der Waals surface area contributed by atoms with Crippen LogP contribution in [0.3, 0.4) is 0 Å². The van der Waals surface area contributed by atoms with E-state index in [0.29, 0.717) is 6.54 Å². The predicted octanol–water partition coefficient (Wildman–Crippen LogP) is -0.390. The molecule has 0 aromatic heterocycles. The third-order valence-electron chi connectivity index (χ3n) is 3.72. The summed E-state index contributed by atoms with van der Waals surface area (Å²) < 4.78 is 26.5. The summed E-state index contributed by atoms with van der Waals surface area (Å²) >= 11 is 0. The van der Waals surface area contributed by atoms with Crippen LogP contribution >= 0.6 is 0 Å². The highest BCUT2D eigenvalue weighted by Gasteiger charge is 2.47. The Balaban J connectivity index is 1.73. The second-order valence-electron chi connectivity index (χ2n) is 5.77. The molecule has 100 valence electrons. The van der Waals surface area contributed by atoms with Gasteiger partial charge in [0.2, 0.25) is 10.0 Å². The summed E-state index contributed by atoms with van der Waals surface area (Å²) in [6, 6.07) is 0.149. The molecular formula is C11H23N3O2S. The number of piperazine rings is 1. The monoisotopic (exact) mass is 261 g/mol. The van der Waals surface area contributed by atoms with E-state index in [9.17, 15) is 8.42 Å². The van der Waals surface area contributed by atoms with E-state index >= 15 is 0 Å². The Hall–Kier alpha value is -0.170. The number of rotatable bonds is 5. The fourth-order valence-corrected chi connectivity index (χ4v) is 3.58. The highest BCUT2D eigenvalue weighted by Crippen LogP contribution is 2.44. The largest absolute Gasteiger partial charge is 0.314 e. The van der Waals surface area contributed by atoms with Gasteiger partial charge >= 0.3 is 0 Å². The van der Waals surface area contributed by atoms with Crippen LogP contribution in [0.2, 0.25) is 0 Å². The molecule has 0 bridgehead atoms. The molecule has 6 heteroatoms. The molecule has 0 spiro atoms. The van der Waals surface area contributed by atoms with Crippen molar-refractivity contribution in [3.05, 3.63) is 0 Å². The number of nitrogens with one attached hydrogen (secondary N) is 2. The van der Waals surface area contributed by atoms with E-state index in [1.54, 1.807) is 0 Å². The molecule has 2 aliphatic rings. The van der Waals surface area contributed by atoms with Crippen LogP contribution in [0.4, 0.5) is 0 Å². The van der Waals surface area contributed by atoms with E-state index in [4.69, 9.17) is 0 Å². The van der Waals surface area contributed by atoms with Crippen LogP contribution in [-0.4, -0.2) is 57.8 Å². The van der Waals surface area contributed by atoms with Crippen molar-refractivity contribution in [2.45, 2.75) is 26.3 Å². The lowest BCUT2D eigenvalue weighted by Crippen LogP contribution is -2.46. The average Bonchev–Trinajstić information content (AvgIpc) is 2.84. The molecule has 17 heavy (non-hydrogen) atoms. The molecule has 2 fully saturated rings. The van der Waals surface area contributed by atoms with Crippen molar-refractivity contribution in [2.24, 2.45) is 5.41 Å². The third kappa shape index (κ3) is 3.91. The Morgan fingerprint density at radius 3 is 2.47 bits per heavy atom. The SMILES string of the molecule is CC1(C)CC1NS(=O)(=O)CCN1CCNCC1. The maximum Gasteiger partial charge on any atom is 0.213 e. The molecule has 5 nitrogen and oxygen atoms in total. The van der Waals surface area contributed by atoms with Crippen molar-refractivity contribution in [2.75, 3.05) is 38.5 Å². The van der Waals surface area contributed by atoms with E-state index < -0.39 is 10.0 Å². The van der Waals surface area contributed by atoms with Crippen molar-refractivity contribution < 1.29 is 8.42 Å². The van der Waals surface area contributed by atoms with E-state index in [1.807, 2.05) is 0 Å². The van der Waals surface area contributed by atoms with Crippen molar-refractivity contribution in [3.63, 3.8) is 0 Å². The highest BCUT2D eigenvalue weighted by atomic mass is 32.2. The van der Waals surface area contributed by atoms with Crippen LogP contribution in [0, 0.1) is 5.41 Å². The first kappa shape index (κ1) is 13.3. The zero-order chi connectivity index (χ0) is 12.5. The summed E-state index contributed by atoms with van der Waals surface area (Å²) in [4.78, 5) is 2.20. The van der Waals surface area contributed by atoms with Gasteiger partial charge in [-0.1, -0.05) is 13.8 Å². The number of nitrogens with zero attached hydrogens (tertiary/aromatic N) is 1. The Labute approximate surface area is 104 Å². The van der Waals surface area contributed by atoms with Crippen LogP contribution in [0.15, 0.2) is 0 Å². The topological polar surface area (TPSA) is 61.4 Å². The lowest BCUT2D eigenvalue weighted by atomic mass is 10.2. The van der Waals surface area contributed by atoms with Gasteiger partial charge < -0.3 is 5.32 Å². The molecule has 0 aromatic carbocycles. The molecule has 1 saturated heterocycles. The summed E-state index contributed by atoms with van der Waals surface area (Å²) in [5.41, 5.74) is 0.155. The molecule has 1 aliphatic heterocycles. The fourth-order valence-electron chi connectivity index (χ4n) is 2.13. The second-order valence-corrected chi connectivity index (χ2v) is 7.65. The number of hydrogen-bond acceptors (Lipinski definition) is 4. The molecule has 1 unspecified atom stereocenters. The van der Waals surface area contributed by atoms with E-state index in [-0.39, 0.29) is 17.2 Å². The van der Waals surface area contributed by atoms with Gasteiger partial charge in [0, 0.05) is 38.8 Å². The highest BCUT2D eigenvalue weighted by molar-refractivity contribution is 7.89. The third-order valence-corrected chi connectivity index (χ3v) is 5.08. The molecule has 2 N–H and O–H groups in total. The zero-order valence-corrected chi connectivity index (χ0v) is 11.5. The van der Waals surface area contributed by atoms with Crippen LogP contribution < -0.4 is 10.0 Å². The summed E-state index contributed by atoms with van der Waals surface area (Å²) in [7, 11) is -3.10. The molecule has 0 aromatic rings. The minimum Gasteiger partial charge on any atom is -0.314 e. The molecule has 0 radical (unpaired) electrons. The Kier molecular flexibility index (Phi) is 3.77. The minimum absolute atomic E-state index is 0.149.